The molecule has 0 radical (unpaired) electrons. The number of aliphatic carboxylic acids is 1. The van der Waals surface area contributed by atoms with Crippen molar-refractivity contribution in [1.82, 2.24) is 4.90 Å². The molecule has 1 aromatic carbocycles. The molecule has 0 bridgehead atoms. The fourth-order valence-electron chi connectivity index (χ4n) is 3.83. The van der Waals surface area contributed by atoms with E-state index in [4.69, 9.17) is 0 Å². The summed E-state index contributed by atoms with van der Waals surface area (Å²) in [6.45, 7) is 2.15. The lowest BCUT2D eigenvalue weighted by molar-refractivity contribution is -0.152. The number of carboxylic acid groups (broad SMARTS) is 1. The molecule has 1 amide bonds. The van der Waals surface area contributed by atoms with E-state index in [1.807, 2.05) is 4.90 Å². The van der Waals surface area contributed by atoms with E-state index in [-0.39, 0.29) is 11.7 Å². The van der Waals surface area contributed by atoms with Gasteiger partial charge in [-0.2, -0.15) is 0 Å². The van der Waals surface area contributed by atoms with Gasteiger partial charge in [-0.25, -0.2) is 4.39 Å². The van der Waals surface area contributed by atoms with Crippen molar-refractivity contribution in [3.8, 4) is 0 Å². The lowest BCUT2D eigenvalue weighted by Crippen LogP contribution is -2.52. The highest BCUT2D eigenvalue weighted by atomic mass is 19.1. The molecular weight excluding hydrogens is 311 g/mol. The van der Waals surface area contributed by atoms with Gasteiger partial charge >= 0.3 is 5.97 Å². The van der Waals surface area contributed by atoms with Crippen LogP contribution >= 0.6 is 0 Å². The van der Waals surface area contributed by atoms with E-state index in [1.165, 1.54) is 6.07 Å². The minimum absolute atomic E-state index is 0.0460. The predicted molar refractivity (Wildman–Crippen MR) is 88.3 cm³/mol. The van der Waals surface area contributed by atoms with Crippen molar-refractivity contribution < 1.29 is 19.1 Å². The molecular formula is C18H23FN2O3. The summed E-state index contributed by atoms with van der Waals surface area (Å²) >= 11 is 0. The summed E-state index contributed by atoms with van der Waals surface area (Å²) in [5.41, 5.74) is 0.561. The zero-order chi connectivity index (χ0) is 17.1. The number of hydrogen-bond acceptors (Lipinski definition) is 3. The predicted octanol–water partition coefficient (Wildman–Crippen LogP) is 2.37. The molecule has 0 aromatic heterocycles. The van der Waals surface area contributed by atoms with Crippen LogP contribution in [0, 0.1) is 17.7 Å². The highest BCUT2D eigenvalue weighted by Crippen LogP contribution is 2.32. The van der Waals surface area contributed by atoms with Crippen molar-refractivity contribution in [3.63, 3.8) is 0 Å². The van der Waals surface area contributed by atoms with Gasteiger partial charge in [0.15, 0.2) is 0 Å². The van der Waals surface area contributed by atoms with Gasteiger partial charge in [0.25, 0.3) is 0 Å². The van der Waals surface area contributed by atoms with E-state index in [2.05, 4.69) is 0 Å². The molecule has 1 aromatic rings. The van der Waals surface area contributed by atoms with Crippen molar-refractivity contribution in [1.29, 1.82) is 0 Å². The van der Waals surface area contributed by atoms with Gasteiger partial charge in [0.2, 0.25) is 5.91 Å². The Kier molecular flexibility index (Phi) is 5.02. The first-order chi connectivity index (χ1) is 11.6. The van der Waals surface area contributed by atoms with Gasteiger partial charge < -0.3 is 14.9 Å². The molecule has 2 atom stereocenters. The van der Waals surface area contributed by atoms with Crippen molar-refractivity contribution in [2.24, 2.45) is 11.8 Å². The Bertz CT molecular complexity index is 614. The Labute approximate surface area is 141 Å². The lowest BCUT2D eigenvalue weighted by Gasteiger charge is -2.39. The summed E-state index contributed by atoms with van der Waals surface area (Å²) in [5, 5.41) is 9.36. The number of amides is 1. The largest absolute Gasteiger partial charge is 0.481 e. The van der Waals surface area contributed by atoms with Crippen LogP contribution in [-0.4, -0.2) is 48.1 Å². The smallest absolute Gasteiger partial charge is 0.307 e. The third-order valence-electron chi connectivity index (χ3n) is 5.18. The molecule has 2 fully saturated rings. The molecule has 1 saturated carbocycles. The molecule has 1 N–H and O–H groups in total. The van der Waals surface area contributed by atoms with Crippen LogP contribution in [-0.2, 0) is 9.59 Å². The SMILES string of the molecule is O=C(O)[C@@H]1CCCC[C@H]1C(=O)N1CCN(c2ccccc2F)CC1. The van der Waals surface area contributed by atoms with Crippen LogP contribution in [0.25, 0.3) is 0 Å². The van der Waals surface area contributed by atoms with E-state index in [0.717, 1.165) is 12.8 Å². The van der Waals surface area contributed by atoms with Crippen LogP contribution in [0.1, 0.15) is 25.7 Å². The van der Waals surface area contributed by atoms with Gasteiger partial charge in [0.05, 0.1) is 17.5 Å². The number of piperazine rings is 1. The molecule has 130 valence electrons. The maximum Gasteiger partial charge on any atom is 0.307 e. The second-order valence-corrected chi connectivity index (χ2v) is 6.60. The average Bonchev–Trinajstić information content (AvgIpc) is 2.62. The third-order valence-corrected chi connectivity index (χ3v) is 5.18. The summed E-state index contributed by atoms with van der Waals surface area (Å²) in [6.07, 6.45) is 3.03. The van der Waals surface area contributed by atoms with Crippen molar-refractivity contribution in [3.05, 3.63) is 30.1 Å². The molecule has 6 heteroatoms. The molecule has 24 heavy (non-hydrogen) atoms. The lowest BCUT2D eigenvalue weighted by atomic mass is 9.78. The van der Waals surface area contributed by atoms with E-state index < -0.39 is 17.8 Å². The number of hydrogen-bond donors (Lipinski definition) is 1. The van der Waals surface area contributed by atoms with Crippen LogP contribution < -0.4 is 4.90 Å². The van der Waals surface area contributed by atoms with Crippen LogP contribution in [0.4, 0.5) is 10.1 Å². The number of carbonyl (C=O) groups is 2. The van der Waals surface area contributed by atoms with Gasteiger partial charge in [0.1, 0.15) is 5.82 Å². The standard InChI is InChI=1S/C18H23FN2O3/c19-15-7-3-4-8-16(15)20-9-11-21(12-10-20)17(22)13-5-1-2-6-14(13)18(23)24/h3-4,7-8,13-14H,1-2,5-6,9-12H2,(H,23,24)/t13-,14-/m1/s1. The Morgan fingerprint density at radius 2 is 1.62 bits per heavy atom. The number of halogens is 1. The fraction of sp³-hybridized carbons (Fsp3) is 0.556. The molecule has 0 spiro atoms. The summed E-state index contributed by atoms with van der Waals surface area (Å²) in [7, 11) is 0. The Balaban J connectivity index is 1.62. The third kappa shape index (κ3) is 3.37. The molecule has 1 saturated heterocycles. The number of benzene rings is 1. The minimum Gasteiger partial charge on any atom is -0.481 e. The van der Waals surface area contributed by atoms with Crippen molar-refractivity contribution in [2.75, 3.05) is 31.1 Å². The molecule has 1 heterocycles. The minimum atomic E-state index is -0.863. The van der Waals surface area contributed by atoms with Gasteiger partial charge in [-0.05, 0) is 25.0 Å². The highest BCUT2D eigenvalue weighted by Gasteiger charge is 2.38. The Hall–Kier alpha value is -2.11. The highest BCUT2D eigenvalue weighted by molar-refractivity contribution is 5.85. The fourth-order valence-corrected chi connectivity index (χ4v) is 3.83. The first-order valence-electron chi connectivity index (χ1n) is 8.59. The second kappa shape index (κ2) is 7.20. The quantitative estimate of drug-likeness (QED) is 0.922. The molecule has 2 aliphatic rings. The number of nitrogens with zero attached hydrogens (tertiary/aromatic N) is 2. The zero-order valence-corrected chi connectivity index (χ0v) is 13.7. The Morgan fingerprint density at radius 1 is 1.00 bits per heavy atom. The van der Waals surface area contributed by atoms with Crippen LogP contribution in [0.15, 0.2) is 24.3 Å². The van der Waals surface area contributed by atoms with Crippen LogP contribution in [0.5, 0.6) is 0 Å². The second-order valence-electron chi connectivity index (χ2n) is 6.60. The summed E-state index contributed by atoms with van der Waals surface area (Å²) in [6, 6.07) is 6.64. The first-order valence-corrected chi connectivity index (χ1v) is 8.59. The monoisotopic (exact) mass is 334 g/mol. The van der Waals surface area contributed by atoms with Crippen molar-refractivity contribution >= 4 is 17.6 Å². The molecule has 1 aliphatic carbocycles. The maximum atomic E-state index is 13.9. The molecule has 0 unspecified atom stereocenters. The molecule has 5 nitrogen and oxygen atoms in total. The van der Waals surface area contributed by atoms with Crippen LogP contribution in [0.2, 0.25) is 0 Å². The number of carboxylic acids is 1. The first kappa shape index (κ1) is 16.7. The Morgan fingerprint density at radius 3 is 2.25 bits per heavy atom. The van der Waals surface area contributed by atoms with Crippen molar-refractivity contribution in [2.45, 2.75) is 25.7 Å². The van der Waals surface area contributed by atoms with E-state index in [9.17, 15) is 19.1 Å². The summed E-state index contributed by atoms with van der Waals surface area (Å²) in [4.78, 5) is 27.8. The average molecular weight is 334 g/mol. The van der Waals surface area contributed by atoms with Gasteiger partial charge in [-0.1, -0.05) is 25.0 Å². The van der Waals surface area contributed by atoms with Gasteiger partial charge in [0, 0.05) is 26.2 Å². The molecule has 1 aliphatic heterocycles. The number of carbonyl (C=O) groups excluding carboxylic acids is 1. The van der Waals surface area contributed by atoms with Crippen LogP contribution in [0.3, 0.4) is 0 Å². The normalized spacial score (nSPS) is 24.7. The van der Waals surface area contributed by atoms with E-state index in [1.54, 1.807) is 23.1 Å². The summed E-state index contributed by atoms with van der Waals surface area (Å²) < 4.78 is 13.9. The van der Waals surface area contributed by atoms with Gasteiger partial charge in [-0.3, -0.25) is 9.59 Å². The summed E-state index contributed by atoms with van der Waals surface area (Å²) in [5.74, 6) is -2.13. The maximum absolute atomic E-state index is 13.9. The number of anilines is 1. The topological polar surface area (TPSA) is 60.9 Å². The number of rotatable bonds is 3. The van der Waals surface area contributed by atoms with E-state index in [0.29, 0.717) is 44.7 Å². The number of para-hydroxylation sites is 1. The zero-order valence-electron chi connectivity index (χ0n) is 13.7. The van der Waals surface area contributed by atoms with E-state index >= 15 is 0 Å². The van der Waals surface area contributed by atoms with Gasteiger partial charge in [-0.15, -0.1) is 0 Å². The molecule has 3 rings (SSSR count).